The summed E-state index contributed by atoms with van der Waals surface area (Å²) in [6.07, 6.45) is 1.88. The molecule has 3 fully saturated rings. The lowest BCUT2D eigenvalue weighted by atomic mass is 10.1. The fourth-order valence-electron chi connectivity index (χ4n) is 7.55. The molecule has 2 aromatic rings. The number of benzene rings is 2. The van der Waals surface area contributed by atoms with Crippen LogP contribution < -0.4 is 25.0 Å². The van der Waals surface area contributed by atoms with Crippen LogP contribution in [0.1, 0.15) is 94.9 Å². The average Bonchev–Trinajstić information content (AvgIpc) is 3.26. The van der Waals surface area contributed by atoms with Gasteiger partial charge in [-0.15, -0.1) is 0 Å². The second kappa shape index (κ2) is 25.0. The predicted octanol–water partition coefficient (Wildman–Crippen LogP) is 5.48. The van der Waals surface area contributed by atoms with Gasteiger partial charge in [0.25, 0.3) is 0 Å². The van der Waals surface area contributed by atoms with E-state index in [4.69, 9.17) is 14.2 Å². The normalized spacial score (nSPS) is 19.5. The van der Waals surface area contributed by atoms with Gasteiger partial charge in [0.1, 0.15) is 0 Å². The molecule has 2 aromatic carbocycles. The van der Waals surface area contributed by atoms with Gasteiger partial charge >= 0.3 is 12.1 Å². The molecule has 5 rings (SSSR count). The number of rotatable bonds is 17. The van der Waals surface area contributed by atoms with Crippen LogP contribution in [0.5, 0.6) is 0 Å². The summed E-state index contributed by atoms with van der Waals surface area (Å²) in [6, 6.07) is 13.1. The number of sulfonamides is 3. The van der Waals surface area contributed by atoms with Crippen LogP contribution in [0.15, 0.2) is 53.4 Å². The lowest BCUT2D eigenvalue weighted by Gasteiger charge is -2.34. The van der Waals surface area contributed by atoms with E-state index >= 15 is 0 Å². The fraction of sp³-hybridized carbons (Fsp3) is 0.696. The topological polar surface area (TPSA) is 225 Å². The average molecular weight is 1020 g/mol. The zero-order valence-electron chi connectivity index (χ0n) is 41.7. The minimum atomic E-state index is -3.65. The monoisotopic (exact) mass is 1010 g/mol. The molecule has 0 radical (unpaired) electrons. The van der Waals surface area contributed by atoms with Crippen molar-refractivity contribution in [2.24, 2.45) is 0 Å². The molecule has 22 heteroatoms. The molecule has 3 aliphatic rings. The van der Waals surface area contributed by atoms with Gasteiger partial charge in [-0.2, -0.15) is 4.31 Å². The van der Waals surface area contributed by atoms with E-state index in [1.54, 1.807) is 63.5 Å². The maximum absolute atomic E-state index is 13.0. The van der Waals surface area contributed by atoms with Crippen molar-refractivity contribution < 1.29 is 49.1 Å². The summed E-state index contributed by atoms with van der Waals surface area (Å²) in [7, 11) is -10.5. The van der Waals surface area contributed by atoms with Gasteiger partial charge in [0.15, 0.2) is 0 Å². The fourth-order valence-corrected chi connectivity index (χ4v) is 11.2. The van der Waals surface area contributed by atoms with Crippen molar-refractivity contribution in [1.29, 1.82) is 0 Å². The first-order valence-electron chi connectivity index (χ1n) is 23.7. The standard InChI is InChI=1S/C24H42N4O5S.C22H36N4O6S2/c1-6-32-18-16-27(17-19-33-7-2)22-10-8-20(9-11-22)25-23(29)28-14-12-21(13-15-28)26-34(30,31)24(3,4)5;1-16-14-26(15-17(2)32-16)33(28,29)20-8-6-18(7-9-20)23-21(27)25-12-10-19(11-13-25)24-34(30,31)22(3,4)5/h8-11,21,26H,6-7,12-19H2,1-5H3,(H,25,29);6-9,16-17,19,24H,10-15H2,1-5H3,(H,23,27)/t;16-,17+. The quantitative estimate of drug-likeness (QED) is 0.145. The third kappa shape index (κ3) is 16.8. The summed E-state index contributed by atoms with van der Waals surface area (Å²) in [4.78, 5) is 31.1. The van der Waals surface area contributed by atoms with E-state index < -0.39 is 39.6 Å². The molecule has 4 amide bonds. The number of carbonyl (C=O) groups excluding carboxylic acids is 2. The van der Waals surface area contributed by atoms with Gasteiger partial charge in [0.2, 0.25) is 30.1 Å². The highest BCUT2D eigenvalue weighted by Crippen LogP contribution is 2.25. The first kappa shape index (κ1) is 57.0. The Bertz CT molecular complexity index is 2220. The Kier molecular flexibility index (Phi) is 20.9. The number of hydrogen-bond donors (Lipinski definition) is 4. The van der Waals surface area contributed by atoms with Crippen molar-refractivity contribution in [2.45, 2.75) is 134 Å². The van der Waals surface area contributed by atoms with E-state index in [0.717, 1.165) is 24.5 Å². The lowest BCUT2D eigenvalue weighted by molar-refractivity contribution is -0.0440. The highest BCUT2D eigenvalue weighted by molar-refractivity contribution is 7.91. The smallest absolute Gasteiger partial charge is 0.321 e. The molecule has 3 saturated heterocycles. The molecule has 0 saturated carbocycles. The zero-order chi connectivity index (χ0) is 50.5. The van der Waals surface area contributed by atoms with Crippen molar-refractivity contribution >= 4 is 59.2 Å². The maximum atomic E-state index is 13.0. The van der Waals surface area contributed by atoms with Gasteiger partial charge < -0.3 is 39.5 Å². The Labute approximate surface area is 406 Å². The molecule has 3 heterocycles. The molecule has 0 aliphatic carbocycles. The van der Waals surface area contributed by atoms with Crippen LogP contribution in [-0.4, -0.2) is 164 Å². The molecule has 68 heavy (non-hydrogen) atoms. The SMILES string of the molecule is CCOCCN(CCOCC)c1ccc(NC(=O)N2CCC(NS(=O)(=O)C(C)(C)C)CC2)cc1.C[C@@H]1CN(S(=O)(=O)c2ccc(NC(=O)N3CCC(NS(=O)(=O)C(C)(C)C)CC3)cc2)C[C@H](C)O1. The molecule has 2 atom stereocenters. The lowest BCUT2D eigenvalue weighted by Crippen LogP contribution is -2.50. The van der Waals surface area contributed by atoms with Gasteiger partial charge in [0.05, 0.1) is 39.8 Å². The minimum Gasteiger partial charge on any atom is -0.380 e. The highest BCUT2D eigenvalue weighted by atomic mass is 32.2. The molecular formula is C46H78N8O11S3. The van der Waals surface area contributed by atoms with Crippen molar-refractivity contribution in [3.05, 3.63) is 48.5 Å². The second-order valence-electron chi connectivity index (χ2n) is 19.4. The highest BCUT2D eigenvalue weighted by Gasteiger charge is 2.35. The van der Waals surface area contributed by atoms with E-state index in [-0.39, 0.29) is 41.2 Å². The van der Waals surface area contributed by atoms with E-state index in [0.29, 0.717) is 97.1 Å². The first-order chi connectivity index (χ1) is 31.8. The van der Waals surface area contributed by atoms with E-state index in [1.807, 2.05) is 52.0 Å². The largest absolute Gasteiger partial charge is 0.380 e. The number of amides is 4. The number of hydrogen-bond acceptors (Lipinski definition) is 12. The van der Waals surface area contributed by atoms with Crippen molar-refractivity contribution in [1.82, 2.24) is 23.5 Å². The summed E-state index contributed by atoms with van der Waals surface area (Å²) in [5.41, 5.74) is 2.26. The maximum Gasteiger partial charge on any atom is 0.321 e. The number of piperidine rings is 2. The van der Waals surface area contributed by atoms with Gasteiger partial charge in [0, 0.05) is 94.7 Å². The van der Waals surface area contributed by atoms with Crippen LogP contribution in [0.4, 0.5) is 26.7 Å². The molecule has 386 valence electrons. The first-order valence-corrected chi connectivity index (χ1v) is 28.1. The van der Waals surface area contributed by atoms with Crippen molar-refractivity contribution in [3.8, 4) is 0 Å². The molecule has 0 unspecified atom stereocenters. The number of urea groups is 2. The predicted molar refractivity (Wildman–Crippen MR) is 268 cm³/mol. The Morgan fingerprint density at radius 1 is 0.632 bits per heavy atom. The van der Waals surface area contributed by atoms with Gasteiger partial charge in [-0.25, -0.2) is 44.3 Å². The summed E-state index contributed by atoms with van der Waals surface area (Å²) >= 11 is 0. The molecule has 19 nitrogen and oxygen atoms in total. The number of nitrogens with zero attached hydrogens (tertiary/aromatic N) is 4. The van der Waals surface area contributed by atoms with Crippen LogP contribution >= 0.6 is 0 Å². The van der Waals surface area contributed by atoms with Crippen LogP contribution in [0.3, 0.4) is 0 Å². The summed E-state index contributed by atoms with van der Waals surface area (Å²) in [5, 5.41) is 5.74. The van der Waals surface area contributed by atoms with Crippen LogP contribution in [0, 0.1) is 0 Å². The third-order valence-electron chi connectivity index (χ3n) is 11.9. The Morgan fingerprint density at radius 2 is 1.00 bits per heavy atom. The molecule has 4 N–H and O–H groups in total. The number of ether oxygens (including phenoxy) is 3. The number of morpholine rings is 1. The molecule has 3 aliphatic heterocycles. The van der Waals surface area contributed by atoms with Gasteiger partial charge in [-0.05, 0) is 143 Å². The van der Waals surface area contributed by atoms with Gasteiger partial charge in [-0.1, -0.05) is 0 Å². The van der Waals surface area contributed by atoms with Crippen molar-refractivity contribution in [2.75, 3.05) is 94.3 Å². The van der Waals surface area contributed by atoms with E-state index in [9.17, 15) is 34.8 Å². The Morgan fingerprint density at radius 3 is 1.35 bits per heavy atom. The van der Waals surface area contributed by atoms with Gasteiger partial charge in [-0.3, -0.25) is 0 Å². The number of carbonyl (C=O) groups is 2. The summed E-state index contributed by atoms with van der Waals surface area (Å²) < 4.78 is 97.3. The Balaban J connectivity index is 0.000000297. The Hall–Kier alpha value is -3.61. The van der Waals surface area contributed by atoms with E-state index in [2.05, 4.69) is 25.0 Å². The number of likely N-dealkylation sites (tertiary alicyclic amines) is 2. The zero-order valence-corrected chi connectivity index (χ0v) is 44.2. The number of anilines is 3. The second-order valence-corrected chi connectivity index (χ2v) is 26.3. The molecular weight excluding hydrogens is 937 g/mol. The molecule has 0 spiro atoms. The van der Waals surface area contributed by atoms with Crippen LogP contribution in [0.2, 0.25) is 0 Å². The summed E-state index contributed by atoms with van der Waals surface area (Å²) in [5.74, 6) is 0. The molecule has 0 aromatic heterocycles. The number of nitrogens with one attached hydrogen (secondary N) is 4. The van der Waals surface area contributed by atoms with E-state index in [1.165, 1.54) is 16.4 Å². The molecule has 0 bridgehead atoms. The van der Waals surface area contributed by atoms with Crippen LogP contribution in [-0.2, 0) is 44.3 Å². The minimum absolute atomic E-state index is 0.146. The summed E-state index contributed by atoms with van der Waals surface area (Å²) in [6.45, 7) is 24.3. The van der Waals surface area contributed by atoms with Crippen LogP contribution in [0.25, 0.3) is 0 Å². The van der Waals surface area contributed by atoms with Crippen molar-refractivity contribution in [3.63, 3.8) is 0 Å². The third-order valence-corrected chi connectivity index (χ3v) is 18.2.